The molecule has 0 heterocycles. The first-order valence-corrected chi connectivity index (χ1v) is 4.67. The second-order valence-electron chi connectivity index (χ2n) is 2.09. The molecule has 0 aromatic carbocycles. The zero-order valence-corrected chi connectivity index (χ0v) is 9.58. The van der Waals surface area contributed by atoms with Gasteiger partial charge in [0.05, 0.1) is 0 Å². The van der Waals surface area contributed by atoms with Crippen molar-refractivity contribution in [3.05, 3.63) is 12.7 Å². The first-order valence-electron chi connectivity index (χ1n) is 3.10. The van der Waals surface area contributed by atoms with Gasteiger partial charge in [-0.05, 0) is 6.42 Å². The highest BCUT2D eigenvalue weighted by molar-refractivity contribution is 6.48. The van der Waals surface area contributed by atoms with E-state index >= 15 is 0 Å². The highest BCUT2D eigenvalue weighted by Gasteiger charge is 2.20. The highest BCUT2D eigenvalue weighted by Crippen LogP contribution is 2.29. The summed E-state index contributed by atoms with van der Waals surface area (Å²) >= 11 is 11.7. The summed E-state index contributed by atoms with van der Waals surface area (Å²) in [6.45, 7) is 4.20. The minimum absolute atomic E-state index is 0.612. The monoisotopic (exact) mass is 198 g/mol. The minimum atomic E-state index is -0.674. The van der Waals surface area contributed by atoms with Crippen LogP contribution in [0.15, 0.2) is 12.7 Å². The van der Waals surface area contributed by atoms with Gasteiger partial charge in [0.1, 0.15) is 14.8 Å². The Kier molecular flexibility index (Phi) is 5.45. The molecule has 0 aliphatic rings. The molecule has 0 aliphatic carbocycles. The number of hydrogen-bond donors (Lipinski definition) is 0. The van der Waals surface area contributed by atoms with Crippen LogP contribution in [0.4, 0.5) is 0 Å². The summed E-state index contributed by atoms with van der Waals surface area (Å²) in [6.07, 6.45) is 3.00. The Hall–Kier alpha value is 0.497. The molecule has 0 bridgehead atoms. The van der Waals surface area contributed by atoms with Crippen molar-refractivity contribution >= 4 is 33.7 Å². The molecule has 0 atom stereocenters. The van der Waals surface area contributed by atoms with Crippen LogP contribution in [0.25, 0.3) is 0 Å². The van der Waals surface area contributed by atoms with Gasteiger partial charge < -0.3 is 4.43 Å². The number of hydrogen-bond acceptors (Lipinski definition) is 1. The van der Waals surface area contributed by atoms with Crippen LogP contribution in [-0.4, -0.2) is 21.4 Å². The van der Waals surface area contributed by atoms with Gasteiger partial charge in [0.2, 0.25) is 0 Å². The molecule has 4 heteroatoms. The second kappa shape index (κ2) is 5.19. The molecule has 0 fully saturated rings. The van der Waals surface area contributed by atoms with Crippen molar-refractivity contribution in [3.8, 4) is 0 Å². The highest BCUT2D eigenvalue weighted by atomic mass is 35.5. The maximum Gasteiger partial charge on any atom is 0.145 e. The first-order chi connectivity index (χ1) is 4.62. The van der Waals surface area contributed by atoms with Crippen LogP contribution < -0.4 is 0 Å². The Morgan fingerprint density at radius 2 is 2.20 bits per heavy atom. The van der Waals surface area contributed by atoms with Gasteiger partial charge in [-0.1, -0.05) is 6.08 Å². The molecule has 0 rings (SSSR count). The molecule has 0 N–H and O–H groups in total. The minimum Gasteiger partial charge on any atom is -0.428 e. The van der Waals surface area contributed by atoms with Crippen LogP contribution >= 0.6 is 23.2 Å². The van der Waals surface area contributed by atoms with E-state index in [-0.39, 0.29) is 0 Å². The first kappa shape index (κ1) is 10.5. The standard InChI is InChI=1S/C6H12Cl2OSi/c1-2-3-6(7,8)4-5-9-10/h2H,1,3-5H2,10H3. The molecule has 0 saturated heterocycles. The summed E-state index contributed by atoms with van der Waals surface area (Å²) in [5.41, 5.74) is 0. The van der Waals surface area contributed by atoms with E-state index in [2.05, 4.69) is 6.58 Å². The zero-order valence-electron chi connectivity index (χ0n) is 6.07. The number of rotatable bonds is 5. The fraction of sp³-hybridized carbons (Fsp3) is 0.667. The van der Waals surface area contributed by atoms with E-state index in [0.29, 0.717) is 19.4 Å². The third kappa shape index (κ3) is 5.29. The summed E-state index contributed by atoms with van der Waals surface area (Å²) in [7, 11) is 0.743. The average Bonchev–Trinajstić information content (AvgIpc) is 1.84. The predicted octanol–water partition coefficient (Wildman–Crippen LogP) is 1.42. The van der Waals surface area contributed by atoms with Crippen molar-refractivity contribution in [2.45, 2.75) is 17.2 Å². The molecule has 1 nitrogen and oxygen atoms in total. The van der Waals surface area contributed by atoms with E-state index in [0.717, 1.165) is 10.5 Å². The average molecular weight is 199 g/mol. The fourth-order valence-corrected chi connectivity index (χ4v) is 1.14. The molecule has 0 aliphatic heterocycles. The Morgan fingerprint density at radius 1 is 1.60 bits per heavy atom. The van der Waals surface area contributed by atoms with Gasteiger partial charge in [-0.25, -0.2) is 0 Å². The van der Waals surface area contributed by atoms with E-state index < -0.39 is 4.33 Å². The van der Waals surface area contributed by atoms with E-state index in [4.69, 9.17) is 27.6 Å². The van der Waals surface area contributed by atoms with E-state index in [1.807, 2.05) is 0 Å². The van der Waals surface area contributed by atoms with Crippen LogP contribution in [0, 0.1) is 0 Å². The van der Waals surface area contributed by atoms with Crippen molar-refractivity contribution < 1.29 is 4.43 Å². The summed E-state index contributed by atoms with van der Waals surface area (Å²) in [5.74, 6) is 0. The zero-order chi connectivity index (χ0) is 8.04. The lowest BCUT2D eigenvalue weighted by atomic mass is 10.2. The van der Waals surface area contributed by atoms with E-state index in [1.54, 1.807) is 6.08 Å². The summed E-state index contributed by atoms with van der Waals surface area (Å²) in [6, 6.07) is 0. The maximum absolute atomic E-state index is 5.84. The molecule has 0 aromatic heterocycles. The molecule has 0 aromatic rings. The summed E-state index contributed by atoms with van der Waals surface area (Å²) in [4.78, 5) is 0. The van der Waals surface area contributed by atoms with Crippen molar-refractivity contribution in [1.82, 2.24) is 0 Å². The van der Waals surface area contributed by atoms with Gasteiger partial charge in [-0.3, -0.25) is 0 Å². The van der Waals surface area contributed by atoms with Crippen LogP contribution in [0.1, 0.15) is 12.8 Å². The normalized spacial score (nSPS) is 11.8. The summed E-state index contributed by atoms with van der Waals surface area (Å²) < 4.78 is 4.29. The third-order valence-corrected chi connectivity index (χ3v) is 2.21. The molecular formula is C6H12Cl2OSi. The Balaban J connectivity index is 3.51. The molecule has 0 radical (unpaired) electrons. The van der Waals surface area contributed by atoms with Gasteiger partial charge in [-0.2, -0.15) is 0 Å². The van der Waals surface area contributed by atoms with Gasteiger partial charge in [0, 0.05) is 13.0 Å². The predicted molar refractivity (Wildman–Crippen MR) is 49.8 cm³/mol. The maximum atomic E-state index is 5.84. The van der Waals surface area contributed by atoms with Crippen LogP contribution in [0.2, 0.25) is 0 Å². The van der Waals surface area contributed by atoms with Gasteiger partial charge in [-0.15, -0.1) is 29.8 Å². The topological polar surface area (TPSA) is 9.23 Å². The fourth-order valence-electron chi connectivity index (χ4n) is 0.565. The molecule has 0 amide bonds. The lowest BCUT2D eigenvalue weighted by Gasteiger charge is -2.16. The Morgan fingerprint density at radius 3 is 2.60 bits per heavy atom. The Labute approximate surface area is 74.9 Å². The van der Waals surface area contributed by atoms with Crippen molar-refractivity contribution in [2.24, 2.45) is 0 Å². The van der Waals surface area contributed by atoms with Crippen LogP contribution in [-0.2, 0) is 4.43 Å². The van der Waals surface area contributed by atoms with Crippen molar-refractivity contribution in [2.75, 3.05) is 6.61 Å². The molecule has 0 unspecified atom stereocenters. The number of allylic oxidation sites excluding steroid dienone is 1. The SMILES string of the molecule is C=CCC(Cl)(Cl)CCO[SiH3]. The lowest BCUT2D eigenvalue weighted by Crippen LogP contribution is -2.14. The van der Waals surface area contributed by atoms with Crippen molar-refractivity contribution in [3.63, 3.8) is 0 Å². The smallest absolute Gasteiger partial charge is 0.145 e. The quantitative estimate of drug-likeness (QED) is 0.369. The lowest BCUT2D eigenvalue weighted by molar-refractivity contribution is 0.332. The largest absolute Gasteiger partial charge is 0.428 e. The molecule has 0 saturated carbocycles. The van der Waals surface area contributed by atoms with E-state index in [9.17, 15) is 0 Å². The molecule has 60 valence electrons. The van der Waals surface area contributed by atoms with Crippen LogP contribution in [0.3, 0.4) is 0 Å². The van der Waals surface area contributed by atoms with Crippen molar-refractivity contribution in [1.29, 1.82) is 0 Å². The van der Waals surface area contributed by atoms with Gasteiger partial charge in [0.15, 0.2) is 0 Å². The van der Waals surface area contributed by atoms with Gasteiger partial charge >= 0.3 is 0 Å². The molecular weight excluding hydrogens is 187 g/mol. The van der Waals surface area contributed by atoms with E-state index in [1.165, 1.54) is 0 Å². The number of alkyl halides is 2. The Bertz CT molecular complexity index is 106. The third-order valence-electron chi connectivity index (χ3n) is 1.11. The summed E-state index contributed by atoms with van der Waals surface area (Å²) in [5, 5.41) is 0. The number of halogens is 2. The van der Waals surface area contributed by atoms with Crippen LogP contribution in [0.5, 0.6) is 0 Å². The molecule has 10 heavy (non-hydrogen) atoms. The second-order valence-corrected chi connectivity index (χ2v) is 4.31. The molecule has 0 spiro atoms. The van der Waals surface area contributed by atoms with Gasteiger partial charge in [0.25, 0.3) is 0 Å².